The molecule has 0 unspecified atom stereocenters. The fraction of sp³-hybridized carbons (Fsp3) is 0.333. The van der Waals surface area contributed by atoms with Crippen molar-refractivity contribution in [2.75, 3.05) is 14.2 Å². The number of fused-ring (bicyclic) bond motifs is 1. The Morgan fingerprint density at radius 3 is 2.65 bits per heavy atom. The number of hydrazone groups is 1. The van der Waals surface area contributed by atoms with E-state index < -0.39 is 5.91 Å². The maximum atomic E-state index is 12.4. The van der Waals surface area contributed by atoms with Crippen LogP contribution in [0.2, 0.25) is 0 Å². The highest BCUT2D eigenvalue weighted by atomic mass is 32.2. The van der Waals surface area contributed by atoms with Crippen molar-refractivity contribution in [2.24, 2.45) is 16.0 Å². The highest BCUT2D eigenvalue weighted by Gasteiger charge is 2.35. The Balaban J connectivity index is 1.92. The normalized spacial score (nSPS) is 18.2. The minimum absolute atomic E-state index is 0.0287. The summed E-state index contributed by atoms with van der Waals surface area (Å²) in [5, 5.41) is 15.6. The van der Waals surface area contributed by atoms with E-state index in [2.05, 4.69) is 23.9 Å². The van der Waals surface area contributed by atoms with Crippen LogP contribution in [-0.4, -0.2) is 41.2 Å². The van der Waals surface area contributed by atoms with Crippen LogP contribution < -0.4 is 9.47 Å². The number of nitrogens with zero attached hydrogens (tertiary/aromatic N) is 3. The molecule has 0 atom stereocenters. The van der Waals surface area contributed by atoms with Gasteiger partial charge in [-0.3, -0.25) is 10.2 Å². The van der Waals surface area contributed by atoms with Crippen molar-refractivity contribution in [3.8, 4) is 11.5 Å². The first-order valence-electron chi connectivity index (χ1n) is 8.14. The second kappa shape index (κ2) is 7.33. The summed E-state index contributed by atoms with van der Waals surface area (Å²) in [5.41, 5.74) is 0.906. The molecule has 1 amide bonds. The van der Waals surface area contributed by atoms with Gasteiger partial charge in [0.1, 0.15) is 5.04 Å². The first-order chi connectivity index (χ1) is 12.4. The molecule has 26 heavy (non-hydrogen) atoms. The van der Waals surface area contributed by atoms with Crippen molar-refractivity contribution >= 4 is 39.8 Å². The molecule has 0 spiro atoms. The van der Waals surface area contributed by atoms with E-state index >= 15 is 0 Å². The summed E-state index contributed by atoms with van der Waals surface area (Å²) in [4.78, 5) is 16.5. The van der Waals surface area contributed by atoms with E-state index in [1.165, 1.54) is 16.8 Å². The van der Waals surface area contributed by atoms with Crippen molar-refractivity contribution in [3.05, 3.63) is 29.3 Å². The molecule has 2 heterocycles. The summed E-state index contributed by atoms with van der Waals surface area (Å²) in [5.74, 6) is 1.18. The van der Waals surface area contributed by atoms with E-state index in [0.717, 1.165) is 11.5 Å². The first-order valence-corrected chi connectivity index (χ1v) is 8.95. The lowest BCUT2D eigenvalue weighted by molar-refractivity contribution is -0.114. The lowest BCUT2D eigenvalue weighted by atomic mass is 10.1. The fourth-order valence-corrected chi connectivity index (χ4v) is 3.67. The van der Waals surface area contributed by atoms with E-state index in [0.29, 0.717) is 28.1 Å². The zero-order chi connectivity index (χ0) is 18.8. The Morgan fingerprint density at radius 1 is 1.27 bits per heavy atom. The van der Waals surface area contributed by atoms with E-state index in [-0.39, 0.29) is 11.4 Å². The third-order valence-electron chi connectivity index (χ3n) is 3.80. The lowest BCUT2D eigenvalue weighted by Gasteiger charge is -2.20. The van der Waals surface area contributed by atoms with Crippen LogP contribution in [0.4, 0.5) is 0 Å². The summed E-state index contributed by atoms with van der Waals surface area (Å²) >= 11 is 1.35. The molecular weight excluding hydrogens is 352 g/mol. The molecule has 2 aliphatic heterocycles. The smallest absolute Gasteiger partial charge is 0.283 e. The number of methoxy groups -OCH3 is 2. The van der Waals surface area contributed by atoms with E-state index in [1.54, 1.807) is 38.5 Å². The highest BCUT2D eigenvalue weighted by molar-refractivity contribution is 8.26. The molecule has 0 aromatic heterocycles. The number of amidine groups is 2. The van der Waals surface area contributed by atoms with Gasteiger partial charge in [-0.1, -0.05) is 19.9 Å². The second-order valence-electron chi connectivity index (χ2n) is 6.23. The Hall–Kier alpha value is -2.61. The molecule has 1 aromatic rings. The lowest BCUT2D eigenvalue weighted by Crippen LogP contribution is -2.35. The minimum atomic E-state index is -0.440. The van der Waals surface area contributed by atoms with Crippen molar-refractivity contribution in [3.63, 3.8) is 0 Å². The van der Waals surface area contributed by atoms with Gasteiger partial charge in [0.25, 0.3) is 5.91 Å². The van der Waals surface area contributed by atoms with Gasteiger partial charge in [-0.2, -0.15) is 15.1 Å². The molecule has 1 aromatic carbocycles. The minimum Gasteiger partial charge on any atom is -0.493 e. The third-order valence-corrected chi connectivity index (χ3v) is 4.73. The zero-order valence-corrected chi connectivity index (χ0v) is 15.9. The largest absolute Gasteiger partial charge is 0.493 e. The number of carbonyl (C=O) groups excluding carboxylic acids is 1. The number of nitrogens with one attached hydrogen (secondary N) is 1. The molecule has 2 aliphatic rings. The van der Waals surface area contributed by atoms with Crippen molar-refractivity contribution < 1.29 is 14.3 Å². The second-order valence-corrected chi connectivity index (χ2v) is 7.27. The fourth-order valence-electron chi connectivity index (χ4n) is 2.57. The molecule has 0 aliphatic carbocycles. The number of ether oxygens (including phenoxy) is 2. The zero-order valence-electron chi connectivity index (χ0n) is 15.1. The molecule has 1 N–H and O–H groups in total. The van der Waals surface area contributed by atoms with Crippen LogP contribution in [0.1, 0.15) is 25.8 Å². The van der Waals surface area contributed by atoms with E-state index in [1.807, 2.05) is 0 Å². The topological polar surface area (TPSA) is 87.3 Å². The number of hydrogen-bond donors (Lipinski definition) is 1. The van der Waals surface area contributed by atoms with Gasteiger partial charge in [0.15, 0.2) is 17.3 Å². The van der Waals surface area contributed by atoms with Crippen LogP contribution in [0.5, 0.6) is 11.5 Å². The van der Waals surface area contributed by atoms with Gasteiger partial charge in [-0.25, -0.2) is 0 Å². The quantitative estimate of drug-likeness (QED) is 0.801. The number of amides is 1. The van der Waals surface area contributed by atoms with Crippen LogP contribution in [0.3, 0.4) is 0 Å². The van der Waals surface area contributed by atoms with Gasteiger partial charge in [-0.05, 0) is 41.5 Å². The van der Waals surface area contributed by atoms with Crippen molar-refractivity contribution in [1.82, 2.24) is 5.01 Å². The van der Waals surface area contributed by atoms with Crippen LogP contribution in [0.25, 0.3) is 6.08 Å². The standard InChI is InChI=1S/C18H20N4O3S/c1-10(2)7-15-21-22-16(19)12(17(23)20-18(22)26-15)8-11-5-6-13(24-3)14(9-11)25-4/h5-6,8-10,19H,7H2,1-4H3/b12-8-,19-16?. The molecule has 0 fully saturated rings. The third kappa shape index (κ3) is 3.50. The van der Waals surface area contributed by atoms with Crippen LogP contribution >= 0.6 is 11.8 Å². The Morgan fingerprint density at radius 2 is 2.00 bits per heavy atom. The molecule has 8 heteroatoms. The summed E-state index contributed by atoms with van der Waals surface area (Å²) in [6.07, 6.45) is 2.41. The molecule has 136 valence electrons. The number of aliphatic imine (C=N–C) groups is 1. The molecule has 0 bridgehead atoms. The van der Waals surface area contributed by atoms with Gasteiger partial charge < -0.3 is 9.47 Å². The monoisotopic (exact) mass is 372 g/mol. The van der Waals surface area contributed by atoms with E-state index in [9.17, 15) is 4.79 Å². The average Bonchev–Trinajstić information content (AvgIpc) is 2.99. The SMILES string of the molecule is COc1ccc(/C=C2/C(=N)N3N=C(CC(C)C)SC3=NC2=O)cc1OC. The predicted octanol–water partition coefficient (Wildman–Crippen LogP) is 3.37. The summed E-state index contributed by atoms with van der Waals surface area (Å²) in [6, 6.07) is 5.29. The number of benzene rings is 1. The number of rotatable bonds is 5. The average molecular weight is 372 g/mol. The first kappa shape index (κ1) is 18.2. The Bertz CT molecular complexity index is 858. The van der Waals surface area contributed by atoms with Crippen LogP contribution in [-0.2, 0) is 4.79 Å². The number of thioether (sulfide) groups is 1. The van der Waals surface area contributed by atoms with Gasteiger partial charge >= 0.3 is 0 Å². The summed E-state index contributed by atoms with van der Waals surface area (Å²) < 4.78 is 10.5. The Kier molecular flexibility index (Phi) is 5.13. The maximum absolute atomic E-state index is 12.4. The van der Waals surface area contributed by atoms with Gasteiger partial charge in [0.05, 0.1) is 19.8 Å². The van der Waals surface area contributed by atoms with Crippen molar-refractivity contribution in [1.29, 1.82) is 5.41 Å². The van der Waals surface area contributed by atoms with Crippen LogP contribution in [0, 0.1) is 11.3 Å². The van der Waals surface area contributed by atoms with Crippen molar-refractivity contribution in [2.45, 2.75) is 20.3 Å². The predicted molar refractivity (Wildman–Crippen MR) is 104 cm³/mol. The summed E-state index contributed by atoms with van der Waals surface area (Å²) in [6.45, 7) is 4.20. The molecule has 0 saturated carbocycles. The summed E-state index contributed by atoms with van der Waals surface area (Å²) in [7, 11) is 3.11. The van der Waals surface area contributed by atoms with Gasteiger partial charge in [-0.15, -0.1) is 0 Å². The molecule has 7 nitrogen and oxygen atoms in total. The molecular formula is C18H20N4O3S. The molecule has 0 saturated heterocycles. The van der Waals surface area contributed by atoms with Gasteiger partial charge in [0, 0.05) is 6.42 Å². The number of hydrogen-bond acceptors (Lipinski definition) is 6. The Labute approximate surface area is 156 Å². The van der Waals surface area contributed by atoms with E-state index in [4.69, 9.17) is 14.9 Å². The number of carbonyl (C=O) groups is 1. The maximum Gasteiger partial charge on any atom is 0.283 e. The van der Waals surface area contributed by atoms with Crippen LogP contribution in [0.15, 0.2) is 33.9 Å². The highest BCUT2D eigenvalue weighted by Crippen LogP contribution is 2.32. The molecule has 0 radical (unpaired) electrons. The van der Waals surface area contributed by atoms with Gasteiger partial charge in [0.2, 0.25) is 5.17 Å². The molecule has 3 rings (SSSR count).